The van der Waals surface area contributed by atoms with E-state index in [1.165, 1.54) is 0 Å². The highest BCUT2D eigenvalue weighted by Gasteiger charge is 2.37. The van der Waals surface area contributed by atoms with Crippen molar-refractivity contribution in [3.8, 4) is 23.4 Å². The van der Waals surface area contributed by atoms with E-state index in [-0.39, 0.29) is 16.6 Å². The number of nitrogens with two attached hydrogens (primary N) is 1. The third-order valence-electron chi connectivity index (χ3n) is 5.55. The normalized spacial score (nSPS) is 15.2. The second-order valence-electron chi connectivity index (χ2n) is 7.40. The number of rotatable bonds is 3. The Morgan fingerprint density at radius 1 is 1.19 bits per heavy atom. The molecule has 8 heteroatoms. The predicted octanol–water partition coefficient (Wildman–Crippen LogP) is 4.61. The van der Waals surface area contributed by atoms with Crippen molar-refractivity contribution >= 4 is 22.5 Å². The van der Waals surface area contributed by atoms with Crippen LogP contribution >= 0.6 is 11.6 Å². The zero-order valence-corrected chi connectivity index (χ0v) is 18.1. The van der Waals surface area contributed by atoms with Gasteiger partial charge in [-0.05, 0) is 37.3 Å². The van der Waals surface area contributed by atoms with E-state index in [1.54, 1.807) is 11.8 Å². The fourth-order valence-electron chi connectivity index (χ4n) is 4.04. The zero-order chi connectivity index (χ0) is 22.4. The maximum atomic E-state index is 9.93. The molecule has 0 fully saturated rings. The van der Waals surface area contributed by atoms with Crippen molar-refractivity contribution in [2.75, 3.05) is 7.11 Å². The number of ether oxygens (including phenoxy) is 2. The van der Waals surface area contributed by atoms with E-state index in [2.05, 4.69) is 16.2 Å². The number of aryl methyl sites for hydroxylation is 1. The van der Waals surface area contributed by atoms with Gasteiger partial charge in [0.05, 0.1) is 35.5 Å². The molecule has 5 rings (SSSR count). The molecule has 0 amide bonds. The first kappa shape index (κ1) is 19.9. The van der Waals surface area contributed by atoms with E-state index in [0.717, 1.165) is 16.6 Å². The van der Waals surface area contributed by atoms with Crippen molar-refractivity contribution in [1.29, 1.82) is 5.26 Å². The number of benzene rings is 2. The molecule has 7 nitrogen and oxygen atoms in total. The topological polar surface area (TPSA) is 99.0 Å². The molecule has 3 heterocycles. The van der Waals surface area contributed by atoms with Crippen LogP contribution in [0.3, 0.4) is 0 Å². The fraction of sp³-hybridized carbons (Fsp3) is 0.125. The molecule has 2 N–H and O–H groups in total. The number of methoxy groups -OCH3 is 1. The Morgan fingerprint density at radius 3 is 2.69 bits per heavy atom. The first-order valence-electron chi connectivity index (χ1n) is 9.88. The monoisotopic (exact) mass is 443 g/mol. The van der Waals surface area contributed by atoms with Gasteiger partial charge in [0.2, 0.25) is 11.8 Å². The summed E-state index contributed by atoms with van der Waals surface area (Å²) < 4.78 is 12.9. The van der Waals surface area contributed by atoms with E-state index < -0.39 is 5.92 Å². The molecule has 158 valence electrons. The summed E-state index contributed by atoms with van der Waals surface area (Å²) in [6.45, 7) is 1.87. The first-order valence-corrected chi connectivity index (χ1v) is 10.3. The average molecular weight is 444 g/mol. The molecular formula is C24H18ClN5O2. The lowest BCUT2D eigenvalue weighted by Crippen LogP contribution is -2.22. The Kier molecular flexibility index (Phi) is 4.72. The zero-order valence-electron chi connectivity index (χ0n) is 17.3. The minimum atomic E-state index is -0.562. The van der Waals surface area contributed by atoms with Crippen molar-refractivity contribution in [3.63, 3.8) is 0 Å². The average Bonchev–Trinajstić information content (AvgIpc) is 3.13. The molecule has 2 aromatic heterocycles. The van der Waals surface area contributed by atoms with E-state index in [9.17, 15) is 5.26 Å². The number of pyridine rings is 1. The Balaban J connectivity index is 1.75. The van der Waals surface area contributed by atoms with Gasteiger partial charge in [-0.25, -0.2) is 9.67 Å². The number of hydrogen-bond acceptors (Lipinski definition) is 6. The number of allylic oxidation sites excluding steroid dienone is 1. The molecule has 32 heavy (non-hydrogen) atoms. The second-order valence-corrected chi connectivity index (χ2v) is 7.76. The van der Waals surface area contributed by atoms with E-state index in [0.29, 0.717) is 28.4 Å². The van der Waals surface area contributed by atoms with Crippen molar-refractivity contribution in [2.45, 2.75) is 12.8 Å². The van der Waals surface area contributed by atoms with Gasteiger partial charge in [0.25, 0.3) is 0 Å². The van der Waals surface area contributed by atoms with Crippen LogP contribution in [0.5, 0.6) is 11.6 Å². The molecule has 0 spiro atoms. The Bertz CT molecular complexity index is 1440. The number of fused-ring (bicyclic) bond motifs is 2. The number of para-hydroxylation sites is 1. The third kappa shape index (κ3) is 3.04. The third-order valence-corrected chi connectivity index (χ3v) is 5.85. The highest BCUT2D eigenvalue weighted by atomic mass is 35.5. The van der Waals surface area contributed by atoms with E-state index >= 15 is 0 Å². The van der Waals surface area contributed by atoms with Gasteiger partial charge in [-0.15, -0.1) is 0 Å². The smallest absolute Gasteiger partial charge is 0.229 e. The van der Waals surface area contributed by atoms with Gasteiger partial charge in [-0.2, -0.15) is 10.4 Å². The summed E-state index contributed by atoms with van der Waals surface area (Å²) in [6.07, 6.45) is 0. The minimum absolute atomic E-state index is 0.0213. The Labute approximate surface area is 189 Å². The molecule has 0 saturated heterocycles. The summed E-state index contributed by atoms with van der Waals surface area (Å²) in [4.78, 5) is 4.57. The summed E-state index contributed by atoms with van der Waals surface area (Å²) in [5, 5.41) is 15.7. The van der Waals surface area contributed by atoms with Gasteiger partial charge in [0.1, 0.15) is 22.5 Å². The van der Waals surface area contributed by atoms with Crippen LogP contribution in [0.2, 0.25) is 5.15 Å². The molecule has 1 atom stereocenters. The van der Waals surface area contributed by atoms with Crippen molar-refractivity contribution < 1.29 is 9.47 Å². The lowest BCUT2D eigenvalue weighted by Gasteiger charge is -2.25. The second kappa shape index (κ2) is 7.59. The molecule has 0 bridgehead atoms. The van der Waals surface area contributed by atoms with Gasteiger partial charge < -0.3 is 15.2 Å². The lowest BCUT2D eigenvalue weighted by molar-refractivity contribution is 0.367. The summed E-state index contributed by atoms with van der Waals surface area (Å²) in [5.41, 5.74) is 10.1. The van der Waals surface area contributed by atoms with Crippen molar-refractivity contribution in [1.82, 2.24) is 14.8 Å². The van der Waals surface area contributed by atoms with Gasteiger partial charge in [0.15, 0.2) is 0 Å². The Hall–Kier alpha value is -4.02. The standard InChI is InChI=1S/C24H18ClN5O2/c1-13-20-21(17-10-14-8-9-16(31-2)11-19(14)28-22(17)25)18(12-26)23(27)32-24(20)30(29-13)15-6-4-3-5-7-15/h3-11,21H,27H2,1-2H3. The SMILES string of the molecule is COc1ccc2cc(C3C(C#N)=C(N)Oc4c3c(C)nn4-c3ccccc3)c(Cl)nc2c1. The minimum Gasteiger partial charge on any atom is -0.497 e. The largest absolute Gasteiger partial charge is 0.497 e. The summed E-state index contributed by atoms with van der Waals surface area (Å²) >= 11 is 6.65. The molecule has 4 aromatic rings. The number of aromatic nitrogens is 3. The van der Waals surface area contributed by atoms with Gasteiger partial charge in [0, 0.05) is 17.0 Å². The maximum Gasteiger partial charge on any atom is 0.229 e. The van der Waals surface area contributed by atoms with Crippen LogP contribution in [0.15, 0.2) is 66.1 Å². The molecule has 2 aromatic carbocycles. The van der Waals surface area contributed by atoms with Gasteiger partial charge >= 0.3 is 0 Å². The van der Waals surface area contributed by atoms with Crippen LogP contribution < -0.4 is 15.2 Å². The van der Waals surface area contributed by atoms with Gasteiger partial charge in [-0.3, -0.25) is 0 Å². The molecule has 0 aliphatic carbocycles. The quantitative estimate of drug-likeness (QED) is 0.464. The van der Waals surface area contributed by atoms with Crippen LogP contribution in [-0.2, 0) is 0 Å². The molecule has 1 aliphatic rings. The van der Waals surface area contributed by atoms with Crippen LogP contribution in [0.4, 0.5) is 0 Å². The summed E-state index contributed by atoms with van der Waals surface area (Å²) in [7, 11) is 1.60. The van der Waals surface area contributed by atoms with Crippen LogP contribution in [0, 0.1) is 18.3 Å². The molecule has 0 radical (unpaired) electrons. The summed E-state index contributed by atoms with van der Waals surface area (Å²) in [5.74, 6) is 0.603. The highest BCUT2D eigenvalue weighted by Crippen LogP contribution is 2.46. The van der Waals surface area contributed by atoms with E-state index in [4.69, 9.17) is 26.8 Å². The highest BCUT2D eigenvalue weighted by molar-refractivity contribution is 6.30. The van der Waals surface area contributed by atoms with Crippen molar-refractivity contribution in [3.05, 3.63) is 88.0 Å². The maximum absolute atomic E-state index is 9.93. The fourth-order valence-corrected chi connectivity index (χ4v) is 4.29. The number of halogens is 1. The molecule has 0 saturated carbocycles. The molecular weight excluding hydrogens is 426 g/mol. The summed E-state index contributed by atoms with van der Waals surface area (Å²) in [6, 6.07) is 19.3. The number of nitrogens with zero attached hydrogens (tertiary/aromatic N) is 4. The lowest BCUT2D eigenvalue weighted by atomic mass is 9.84. The number of hydrogen-bond donors (Lipinski definition) is 1. The van der Waals surface area contributed by atoms with Crippen LogP contribution in [-0.4, -0.2) is 21.9 Å². The van der Waals surface area contributed by atoms with E-state index in [1.807, 2.05) is 61.5 Å². The predicted molar refractivity (Wildman–Crippen MR) is 121 cm³/mol. The van der Waals surface area contributed by atoms with Gasteiger partial charge in [-0.1, -0.05) is 29.8 Å². The number of nitriles is 1. The van der Waals surface area contributed by atoms with Crippen LogP contribution in [0.25, 0.3) is 16.6 Å². The first-order chi connectivity index (χ1) is 15.5. The van der Waals surface area contributed by atoms with Crippen molar-refractivity contribution in [2.24, 2.45) is 5.73 Å². The molecule has 1 aliphatic heterocycles. The Morgan fingerprint density at radius 2 is 1.97 bits per heavy atom. The molecule has 1 unspecified atom stereocenters. The van der Waals surface area contributed by atoms with Crippen LogP contribution in [0.1, 0.15) is 22.7 Å².